The van der Waals surface area contributed by atoms with Crippen LogP contribution >= 0.6 is 11.6 Å². The van der Waals surface area contributed by atoms with Gasteiger partial charge in [0.2, 0.25) is 0 Å². The average molecular weight is 159 g/mol. The van der Waals surface area contributed by atoms with Crippen molar-refractivity contribution < 1.29 is 44.6 Å². The molecule has 0 heterocycles. The molecule has 0 amide bonds. The van der Waals surface area contributed by atoms with Crippen molar-refractivity contribution in [2.75, 3.05) is 0 Å². The molecule has 3 nitrogen and oxygen atoms in total. The molecular formula is C2H2AlClNaO3+3. The summed E-state index contributed by atoms with van der Waals surface area (Å²) in [6, 6.07) is 0. The zero-order valence-electron chi connectivity index (χ0n) is 4.30. The van der Waals surface area contributed by atoms with Gasteiger partial charge in [-0.25, -0.2) is 0 Å². The van der Waals surface area contributed by atoms with Gasteiger partial charge in [0.1, 0.15) is 0 Å². The number of carboxylic acids is 1. The molecule has 0 fully saturated rings. The molecule has 8 heavy (non-hydrogen) atoms. The van der Waals surface area contributed by atoms with Gasteiger partial charge in [0, 0.05) is 0 Å². The van der Waals surface area contributed by atoms with Crippen molar-refractivity contribution >= 4 is 34.9 Å². The number of rotatable bonds is 1. The molecule has 0 saturated carbocycles. The van der Waals surface area contributed by atoms with Crippen LogP contribution in [0.1, 0.15) is 0 Å². The second-order valence-electron chi connectivity index (χ2n) is 0.655. The van der Waals surface area contributed by atoms with Gasteiger partial charge in [0.05, 0.1) is 5.97 Å². The minimum Gasteiger partial charge on any atom is -0.546 e. The van der Waals surface area contributed by atoms with Crippen molar-refractivity contribution in [1.29, 1.82) is 0 Å². The predicted molar refractivity (Wildman–Crippen MR) is 22.6 cm³/mol. The molecule has 0 aromatic carbocycles. The number of carbonyl (C=O) groups is 1. The Kier molecular flexibility index (Phi) is 16.6. The minimum absolute atomic E-state index is 0. The molecule has 6 heteroatoms. The standard InChI is InChI=1S/C2H3ClO3.Al.Na/c3-1(4)2(5)6;;/h1,4H,(H,5,6);;/q;+3;+1/p-1. The molecule has 0 radical (unpaired) electrons. The number of aliphatic hydroxyl groups excluding tert-OH is 1. The van der Waals surface area contributed by atoms with E-state index >= 15 is 0 Å². The fourth-order valence-electron chi connectivity index (χ4n) is 0. The van der Waals surface area contributed by atoms with E-state index in [2.05, 4.69) is 11.6 Å². The third-order valence-corrected chi connectivity index (χ3v) is 0.373. The monoisotopic (exact) mass is 159 g/mol. The van der Waals surface area contributed by atoms with Gasteiger partial charge in [-0.2, -0.15) is 0 Å². The Bertz CT molecular complexity index is 68.3. The van der Waals surface area contributed by atoms with Gasteiger partial charge in [-0.15, -0.1) is 0 Å². The van der Waals surface area contributed by atoms with Gasteiger partial charge in [0.15, 0.2) is 5.56 Å². The maximum Gasteiger partial charge on any atom is 3.00 e. The summed E-state index contributed by atoms with van der Waals surface area (Å²) in [5.41, 5.74) is -1.87. The van der Waals surface area contributed by atoms with Crippen molar-refractivity contribution in [3.63, 3.8) is 0 Å². The first kappa shape index (κ1) is 16.1. The van der Waals surface area contributed by atoms with Gasteiger partial charge in [-0.3, -0.25) is 0 Å². The Morgan fingerprint density at radius 3 is 1.88 bits per heavy atom. The Balaban J connectivity index is -0.000000125. The Morgan fingerprint density at radius 1 is 1.75 bits per heavy atom. The largest absolute Gasteiger partial charge is 3.00 e. The van der Waals surface area contributed by atoms with Crippen LogP contribution in [0.4, 0.5) is 0 Å². The molecule has 0 rings (SSSR count). The van der Waals surface area contributed by atoms with Crippen LogP contribution in [-0.2, 0) is 4.79 Å². The normalized spacial score (nSPS) is 10.2. The van der Waals surface area contributed by atoms with Gasteiger partial charge in [0.25, 0.3) is 0 Å². The number of aliphatic hydroxyl groups is 1. The van der Waals surface area contributed by atoms with Crippen LogP contribution in [0.15, 0.2) is 0 Å². The molecule has 0 aliphatic carbocycles. The van der Waals surface area contributed by atoms with Crippen LogP contribution in [-0.4, -0.2) is 34.0 Å². The van der Waals surface area contributed by atoms with E-state index in [-0.39, 0.29) is 46.9 Å². The first-order chi connectivity index (χ1) is 2.64. The van der Waals surface area contributed by atoms with Crippen molar-refractivity contribution in [2.45, 2.75) is 5.56 Å². The fourth-order valence-corrected chi connectivity index (χ4v) is 0. The average Bonchev–Trinajstić information content (AvgIpc) is 1.36. The molecular weight excluding hydrogens is 157 g/mol. The predicted octanol–water partition coefficient (Wildman–Crippen LogP) is -5.08. The van der Waals surface area contributed by atoms with E-state index in [0.717, 1.165) is 0 Å². The maximum atomic E-state index is 9.21. The van der Waals surface area contributed by atoms with Crippen LogP contribution in [0.3, 0.4) is 0 Å². The number of hydrogen-bond acceptors (Lipinski definition) is 3. The number of carbonyl (C=O) groups excluding carboxylic acids is 1. The number of halogens is 1. The van der Waals surface area contributed by atoms with Crippen LogP contribution in [0.2, 0.25) is 0 Å². The molecule has 0 aliphatic heterocycles. The molecule has 1 unspecified atom stereocenters. The quantitative estimate of drug-likeness (QED) is 0.308. The van der Waals surface area contributed by atoms with E-state index in [0.29, 0.717) is 0 Å². The summed E-state index contributed by atoms with van der Waals surface area (Å²) in [6.07, 6.45) is 0. The SMILES string of the molecule is O=C([O-])C(O)Cl.[Al+3].[Na+]. The summed E-state index contributed by atoms with van der Waals surface area (Å²) in [7, 11) is 0. The Morgan fingerprint density at radius 2 is 1.88 bits per heavy atom. The first-order valence-electron chi connectivity index (χ1n) is 1.17. The van der Waals surface area contributed by atoms with E-state index in [4.69, 9.17) is 5.11 Å². The summed E-state index contributed by atoms with van der Waals surface area (Å²) in [4.78, 5) is 9.21. The second-order valence-corrected chi connectivity index (χ2v) is 1.07. The molecule has 0 spiro atoms. The topological polar surface area (TPSA) is 60.4 Å². The third-order valence-electron chi connectivity index (χ3n) is 0.194. The summed E-state index contributed by atoms with van der Waals surface area (Å²) >= 11 is 4.51. The van der Waals surface area contributed by atoms with E-state index in [1.807, 2.05) is 0 Å². The van der Waals surface area contributed by atoms with Crippen molar-refractivity contribution in [2.24, 2.45) is 0 Å². The third kappa shape index (κ3) is 10.3. The smallest absolute Gasteiger partial charge is 0.546 e. The number of alkyl halides is 1. The van der Waals surface area contributed by atoms with E-state index in [1.54, 1.807) is 0 Å². The van der Waals surface area contributed by atoms with E-state index in [1.165, 1.54) is 0 Å². The van der Waals surface area contributed by atoms with Crippen LogP contribution in [0, 0.1) is 0 Å². The van der Waals surface area contributed by atoms with Crippen LogP contribution in [0.25, 0.3) is 0 Å². The zero-order chi connectivity index (χ0) is 5.15. The number of hydrogen-bond donors (Lipinski definition) is 1. The molecule has 0 bridgehead atoms. The van der Waals surface area contributed by atoms with E-state index in [9.17, 15) is 9.90 Å². The fraction of sp³-hybridized carbons (Fsp3) is 0.500. The molecule has 36 valence electrons. The Hall–Kier alpha value is 1.25. The number of aliphatic carboxylic acids is 1. The van der Waals surface area contributed by atoms with Gasteiger partial charge >= 0.3 is 46.9 Å². The van der Waals surface area contributed by atoms with Crippen LogP contribution < -0.4 is 34.7 Å². The molecule has 0 aliphatic rings. The first-order valence-corrected chi connectivity index (χ1v) is 1.61. The zero-order valence-corrected chi connectivity index (χ0v) is 8.21. The summed E-state index contributed by atoms with van der Waals surface area (Å²) < 4.78 is 0. The number of carboxylic acid groups (broad SMARTS) is 1. The molecule has 1 atom stereocenters. The van der Waals surface area contributed by atoms with Gasteiger partial charge in [-0.1, -0.05) is 11.6 Å². The van der Waals surface area contributed by atoms with Crippen molar-refractivity contribution in [1.82, 2.24) is 0 Å². The van der Waals surface area contributed by atoms with Gasteiger partial charge < -0.3 is 15.0 Å². The molecule has 0 saturated heterocycles. The summed E-state index contributed by atoms with van der Waals surface area (Å²) in [5, 5.41) is 16.9. The summed E-state index contributed by atoms with van der Waals surface area (Å²) in [6.45, 7) is 0. The molecule has 0 aromatic rings. The summed E-state index contributed by atoms with van der Waals surface area (Å²) in [5.74, 6) is -1.67. The molecule has 1 N–H and O–H groups in total. The van der Waals surface area contributed by atoms with Crippen molar-refractivity contribution in [3.05, 3.63) is 0 Å². The van der Waals surface area contributed by atoms with Gasteiger partial charge in [-0.05, 0) is 0 Å². The van der Waals surface area contributed by atoms with E-state index < -0.39 is 11.5 Å². The Labute approximate surface area is 84.4 Å². The maximum absolute atomic E-state index is 9.21. The molecule has 0 aromatic heterocycles. The minimum atomic E-state index is -1.87. The van der Waals surface area contributed by atoms with Crippen molar-refractivity contribution in [3.8, 4) is 0 Å². The second kappa shape index (κ2) is 8.25. The van der Waals surface area contributed by atoms with Crippen LogP contribution in [0.5, 0.6) is 0 Å².